The van der Waals surface area contributed by atoms with Gasteiger partial charge < -0.3 is 5.32 Å². The molecule has 1 saturated heterocycles. The molecule has 1 fully saturated rings. The van der Waals surface area contributed by atoms with Gasteiger partial charge in [0.2, 0.25) is 10.9 Å². The number of rotatable bonds is 7. The third kappa shape index (κ3) is 4.47. The van der Waals surface area contributed by atoms with Crippen molar-refractivity contribution >= 4 is 5.69 Å². The standard InChI is InChI=1S/C24H27N3O2/c1-18-7-9-20(10-8-18)21-22(24(29)23(21)28)25-11-12-26-13-15-27(16-14-26)17-19-5-3-2-4-6-19/h2-10,25H,11-17H2,1H3. The minimum atomic E-state index is -0.395. The third-order valence-corrected chi connectivity index (χ3v) is 5.69. The van der Waals surface area contributed by atoms with Crippen LogP contribution in [0.3, 0.4) is 0 Å². The van der Waals surface area contributed by atoms with Gasteiger partial charge in [0.25, 0.3) is 0 Å². The molecule has 0 unspecified atom stereocenters. The lowest BCUT2D eigenvalue weighted by atomic mass is 9.98. The molecule has 0 aliphatic carbocycles. The smallest absolute Gasteiger partial charge is 0.250 e. The van der Waals surface area contributed by atoms with E-state index >= 15 is 0 Å². The van der Waals surface area contributed by atoms with Gasteiger partial charge in [-0.15, -0.1) is 0 Å². The highest BCUT2D eigenvalue weighted by atomic mass is 16.2. The molecule has 1 N–H and O–H groups in total. The van der Waals surface area contributed by atoms with Gasteiger partial charge in [-0.25, -0.2) is 0 Å². The Morgan fingerprint density at radius 1 is 0.828 bits per heavy atom. The third-order valence-electron chi connectivity index (χ3n) is 5.69. The van der Waals surface area contributed by atoms with Crippen LogP contribution >= 0.6 is 0 Å². The predicted molar refractivity (Wildman–Crippen MR) is 118 cm³/mol. The van der Waals surface area contributed by atoms with Crippen molar-refractivity contribution in [3.8, 4) is 11.1 Å². The molecular formula is C24H27N3O2. The highest BCUT2D eigenvalue weighted by Gasteiger charge is 2.22. The summed E-state index contributed by atoms with van der Waals surface area (Å²) < 4.78 is 0. The Hall–Kier alpha value is -2.76. The first-order valence-electron chi connectivity index (χ1n) is 10.2. The first-order chi connectivity index (χ1) is 14.1. The molecule has 0 atom stereocenters. The van der Waals surface area contributed by atoms with E-state index in [1.165, 1.54) is 5.56 Å². The summed E-state index contributed by atoms with van der Waals surface area (Å²) in [6, 6.07) is 18.3. The van der Waals surface area contributed by atoms with Crippen molar-refractivity contribution in [2.24, 2.45) is 0 Å². The number of piperazine rings is 1. The van der Waals surface area contributed by atoms with Gasteiger partial charge in [-0.2, -0.15) is 0 Å². The van der Waals surface area contributed by atoms with Gasteiger partial charge in [0.05, 0.1) is 11.3 Å². The van der Waals surface area contributed by atoms with Crippen molar-refractivity contribution < 1.29 is 0 Å². The van der Waals surface area contributed by atoms with Crippen LogP contribution in [-0.2, 0) is 6.54 Å². The predicted octanol–water partition coefficient (Wildman–Crippen LogP) is 2.49. The minimum Gasteiger partial charge on any atom is -0.380 e. The summed E-state index contributed by atoms with van der Waals surface area (Å²) in [5.74, 6) is 0. The molecule has 3 aromatic rings. The number of hydrogen-bond acceptors (Lipinski definition) is 5. The van der Waals surface area contributed by atoms with Crippen molar-refractivity contribution in [3.63, 3.8) is 0 Å². The van der Waals surface area contributed by atoms with Gasteiger partial charge in [0.1, 0.15) is 0 Å². The summed E-state index contributed by atoms with van der Waals surface area (Å²) in [6.07, 6.45) is 0. The van der Waals surface area contributed by atoms with Gasteiger partial charge in [0, 0.05) is 45.8 Å². The molecule has 0 aromatic heterocycles. The Kier molecular flexibility index (Phi) is 5.88. The van der Waals surface area contributed by atoms with Crippen molar-refractivity contribution in [1.29, 1.82) is 0 Å². The molecule has 1 heterocycles. The van der Waals surface area contributed by atoms with Crippen LogP contribution in [-0.4, -0.2) is 49.1 Å². The first-order valence-corrected chi connectivity index (χ1v) is 10.2. The Bertz CT molecular complexity index is 1010. The minimum absolute atomic E-state index is 0.383. The molecule has 5 nitrogen and oxygen atoms in total. The normalized spacial score (nSPS) is 15.6. The number of nitrogens with zero attached hydrogens (tertiary/aromatic N) is 2. The van der Waals surface area contributed by atoms with E-state index in [4.69, 9.17) is 0 Å². The van der Waals surface area contributed by atoms with Gasteiger partial charge in [-0.05, 0) is 18.1 Å². The molecule has 5 heteroatoms. The number of benzene rings is 2. The summed E-state index contributed by atoms with van der Waals surface area (Å²) in [5.41, 5.74) is 3.53. The van der Waals surface area contributed by atoms with Crippen LogP contribution in [0.4, 0.5) is 5.69 Å². The second kappa shape index (κ2) is 8.72. The fourth-order valence-electron chi connectivity index (χ4n) is 3.91. The second-order valence-electron chi connectivity index (χ2n) is 7.80. The van der Waals surface area contributed by atoms with E-state index in [9.17, 15) is 9.59 Å². The van der Waals surface area contributed by atoms with E-state index < -0.39 is 5.43 Å². The summed E-state index contributed by atoms with van der Waals surface area (Å²) >= 11 is 0. The van der Waals surface area contributed by atoms with Crippen LogP contribution in [0.2, 0.25) is 0 Å². The molecule has 3 aromatic carbocycles. The van der Waals surface area contributed by atoms with Gasteiger partial charge in [0.15, 0.2) is 0 Å². The average molecular weight is 389 g/mol. The zero-order chi connectivity index (χ0) is 20.2. The van der Waals surface area contributed by atoms with Crippen LogP contribution in [0.25, 0.3) is 11.1 Å². The fraction of sp³-hybridized carbons (Fsp3) is 0.333. The van der Waals surface area contributed by atoms with Crippen LogP contribution in [0.5, 0.6) is 0 Å². The fourth-order valence-corrected chi connectivity index (χ4v) is 3.91. The Labute approximate surface area is 171 Å². The summed E-state index contributed by atoms with van der Waals surface area (Å²) in [7, 11) is 0. The van der Waals surface area contributed by atoms with E-state index in [-0.39, 0.29) is 5.43 Å². The number of anilines is 1. The van der Waals surface area contributed by atoms with E-state index in [1.54, 1.807) is 0 Å². The number of aryl methyl sites for hydroxylation is 1. The van der Waals surface area contributed by atoms with E-state index in [0.717, 1.165) is 50.4 Å². The topological polar surface area (TPSA) is 52.6 Å². The van der Waals surface area contributed by atoms with E-state index in [1.807, 2.05) is 31.2 Å². The largest absolute Gasteiger partial charge is 0.380 e. The lowest BCUT2D eigenvalue weighted by Crippen LogP contribution is -2.47. The maximum Gasteiger partial charge on any atom is 0.250 e. The molecule has 150 valence electrons. The molecule has 0 spiro atoms. The zero-order valence-corrected chi connectivity index (χ0v) is 16.9. The number of hydrogen-bond donors (Lipinski definition) is 1. The van der Waals surface area contributed by atoms with E-state index in [0.29, 0.717) is 17.8 Å². The Morgan fingerprint density at radius 3 is 2.17 bits per heavy atom. The molecule has 1 aliphatic heterocycles. The molecule has 4 rings (SSSR count). The lowest BCUT2D eigenvalue weighted by molar-refractivity contribution is 0.130. The maximum absolute atomic E-state index is 12.0. The molecule has 29 heavy (non-hydrogen) atoms. The van der Waals surface area contributed by atoms with Gasteiger partial charge in [-0.3, -0.25) is 19.4 Å². The molecule has 1 aliphatic rings. The lowest BCUT2D eigenvalue weighted by Gasteiger charge is -2.34. The molecule has 0 radical (unpaired) electrons. The zero-order valence-electron chi connectivity index (χ0n) is 16.9. The molecule has 0 saturated carbocycles. The first kappa shape index (κ1) is 19.6. The Balaban J connectivity index is 1.26. The average Bonchev–Trinajstić information content (AvgIpc) is 2.76. The molecule has 0 bridgehead atoms. The SMILES string of the molecule is Cc1ccc(-c2c(NCCN3CCN(Cc4ccccc4)CC3)c(=O)c2=O)cc1. The van der Waals surface area contributed by atoms with Crippen molar-refractivity contribution in [2.75, 3.05) is 44.6 Å². The summed E-state index contributed by atoms with van der Waals surface area (Å²) in [6.45, 7) is 8.67. The van der Waals surface area contributed by atoms with Crippen LogP contribution in [0.1, 0.15) is 11.1 Å². The maximum atomic E-state index is 12.0. The summed E-state index contributed by atoms with van der Waals surface area (Å²) in [5, 5.41) is 3.21. The molecule has 0 amide bonds. The van der Waals surface area contributed by atoms with Gasteiger partial charge in [-0.1, -0.05) is 60.2 Å². The summed E-state index contributed by atoms with van der Waals surface area (Å²) in [4.78, 5) is 29.0. The quantitative estimate of drug-likeness (QED) is 0.629. The van der Waals surface area contributed by atoms with E-state index in [2.05, 4.69) is 45.4 Å². The Morgan fingerprint density at radius 2 is 1.48 bits per heavy atom. The van der Waals surface area contributed by atoms with Crippen LogP contribution in [0.15, 0.2) is 64.2 Å². The van der Waals surface area contributed by atoms with Crippen LogP contribution < -0.4 is 16.2 Å². The molecular weight excluding hydrogens is 362 g/mol. The van der Waals surface area contributed by atoms with Crippen LogP contribution in [0, 0.1) is 6.92 Å². The monoisotopic (exact) mass is 389 g/mol. The highest BCUT2D eigenvalue weighted by Crippen LogP contribution is 2.23. The van der Waals surface area contributed by atoms with Crippen molar-refractivity contribution in [2.45, 2.75) is 13.5 Å². The van der Waals surface area contributed by atoms with Crippen molar-refractivity contribution in [3.05, 3.63) is 86.2 Å². The number of nitrogens with one attached hydrogen (secondary N) is 1. The van der Waals surface area contributed by atoms with Gasteiger partial charge >= 0.3 is 0 Å². The highest BCUT2D eigenvalue weighted by molar-refractivity contribution is 5.81. The van der Waals surface area contributed by atoms with Crippen molar-refractivity contribution in [1.82, 2.24) is 9.80 Å². The second-order valence-corrected chi connectivity index (χ2v) is 7.80.